The van der Waals surface area contributed by atoms with Crippen molar-refractivity contribution in [1.29, 1.82) is 0 Å². The van der Waals surface area contributed by atoms with Gasteiger partial charge in [-0.25, -0.2) is 0 Å². The van der Waals surface area contributed by atoms with Crippen LogP contribution < -0.4 is 5.32 Å². The van der Waals surface area contributed by atoms with Crippen molar-refractivity contribution in [2.45, 2.75) is 24.8 Å². The van der Waals surface area contributed by atoms with Crippen LogP contribution >= 0.6 is 11.6 Å². The molecule has 3 nitrogen and oxygen atoms in total. The van der Waals surface area contributed by atoms with Crippen LogP contribution in [-0.4, -0.2) is 15.8 Å². The Morgan fingerprint density at radius 3 is 2.89 bits per heavy atom. The summed E-state index contributed by atoms with van der Waals surface area (Å²) in [5, 5.41) is 8.48. The van der Waals surface area contributed by atoms with Crippen LogP contribution in [0.1, 0.15) is 24.3 Å². The zero-order valence-corrected chi connectivity index (χ0v) is 11.1. The maximum atomic E-state index is 6.01. The van der Waals surface area contributed by atoms with E-state index in [0.29, 0.717) is 12.0 Å². The topological polar surface area (TPSA) is 29.9 Å². The number of benzene rings is 1. The lowest BCUT2D eigenvalue weighted by molar-refractivity contribution is 0.374. The number of anilines is 1. The second-order valence-corrected chi connectivity index (χ2v) is 5.40. The van der Waals surface area contributed by atoms with Gasteiger partial charge in [-0.2, -0.15) is 5.10 Å². The van der Waals surface area contributed by atoms with Crippen LogP contribution in [0.15, 0.2) is 36.7 Å². The molecule has 0 amide bonds. The van der Waals surface area contributed by atoms with Gasteiger partial charge in [0.25, 0.3) is 0 Å². The minimum atomic E-state index is 0.554. The predicted octanol–water partition coefficient (Wildman–Crippen LogP) is 3.43. The normalized spacial score (nSPS) is 22.6. The van der Waals surface area contributed by atoms with E-state index in [4.69, 9.17) is 11.6 Å². The Bertz CT molecular complexity index is 543. The fraction of sp³-hybridized carbons (Fsp3) is 0.357. The molecule has 0 bridgehead atoms. The van der Waals surface area contributed by atoms with Gasteiger partial charge in [0.15, 0.2) is 0 Å². The van der Waals surface area contributed by atoms with E-state index in [1.165, 1.54) is 5.56 Å². The maximum absolute atomic E-state index is 6.01. The van der Waals surface area contributed by atoms with Gasteiger partial charge in [-0.1, -0.05) is 23.7 Å². The Balaban J connectivity index is 1.57. The predicted molar refractivity (Wildman–Crippen MR) is 74.0 cm³/mol. The van der Waals surface area contributed by atoms with E-state index in [0.717, 1.165) is 23.6 Å². The summed E-state index contributed by atoms with van der Waals surface area (Å²) in [5.74, 6) is 0.637. The molecule has 1 aromatic heterocycles. The molecule has 0 saturated heterocycles. The second-order valence-electron chi connectivity index (χ2n) is 4.97. The molecule has 1 aliphatic carbocycles. The summed E-state index contributed by atoms with van der Waals surface area (Å²) in [7, 11) is 1.93. The van der Waals surface area contributed by atoms with Crippen molar-refractivity contribution in [1.82, 2.24) is 9.78 Å². The molecule has 1 N–H and O–H groups in total. The van der Waals surface area contributed by atoms with Gasteiger partial charge in [0.2, 0.25) is 0 Å². The van der Waals surface area contributed by atoms with Gasteiger partial charge in [0.05, 0.1) is 11.9 Å². The number of nitrogens with one attached hydrogen (secondary N) is 1. The average Bonchev–Trinajstić information content (AvgIpc) is 2.69. The maximum Gasteiger partial charge on any atom is 0.0728 e. The van der Waals surface area contributed by atoms with Crippen molar-refractivity contribution < 1.29 is 0 Å². The molecule has 1 aromatic carbocycles. The van der Waals surface area contributed by atoms with Gasteiger partial charge >= 0.3 is 0 Å². The molecule has 2 aromatic rings. The van der Waals surface area contributed by atoms with E-state index in [1.807, 2.05) is 36.3 Å². The molecule has 0 unspecified atom stereocenters. The van der Waals surface area contributed by atoms with E-state index >= 15 is 0 Å². The summed E-state index contributed by atoms with van der Waals surface area (Å²) in [4.78, 5) is 0. The van der Waals surface area contributed by atoms with E-state index in [-0.39, 0.29) is 0 Å². The van der Waals surface area contributed by atoms with Crippen molar-refractivity contribution in [3.8, 4) is 0 Å². The van der Waals surface area contributed by atoms with Gasteiger partial charge in [-0.15, -0.1) is 0 Å². The lowest BCUT2D eigenvalue weighted by Gasteiger charge is -2.36. The molecule has 4 heteroatoms. The van der Waals surface area contributed by atoms with Crippen LogP contribution in [0.25, 0.3) is 0 Å². The molecule has 1 fully saturated rings. The number of aryl methyl sites for hydroxylation is 1. The van der Waals surface area contributed by atoms with Crippen LogP contribution in [0.5, 0.6) is 0 Å². The van der Waals surface area contributed by atoms with E-state index in [9.17, 15) is 0 Å². The molecule has 0 spiro atoms. The molecule has 3 rings (SSSR count). The Morgan fingerprint density at radius 1 is 1.39 bits per heavy atom. The third-order valence-electron chi connectivity index (χ3n) is 3.53. The Morgan fingerprint density at radius 2 is 2.22 bits per heavy atom. The molecular weight excluding hydrogens is 246 g/mol. The quantitative estimate of drug-likeness (QED) is 0.917. The van der Waals surface area contributed by atoms with Crippen LogP contribution in [-0.2, 0) is 7.05 Å². The molecule has 0 aliphatic heterocycles. The summed E-state index contributed by atoms with van der Waals surface area (Å²) in [6.07, 6.45) is 6.20. The zero-order valence-electron chi connectivity index (χ0n) is 10.3. The zero-order chi connectivity index (χ0) is 12.5. The molecule has 18 heavy (non-hydrogen) atoms. The highest BCUT2D eigenvalue weighted by atomic mass is 35.5. The average molecular weight is 262 g/mol. The summed E-state index contributed by atoms with van der Waals surface area (Å²) in [6.45, 7) is 0. The van der Waals surface area contributed by atoms with Crippen LogP contribution in [0.2, 0.25) is 5.02 Å². The minimum absolute atomic E-state index is 0.554. The first kappa shape index (κ1) is 11.6. The fourth-order valence-electron chi connectivity index (χ4n) is 2.50. The monoisotopic (exact) mass is 261 g/mol. The van der Waals surface area contributed by atoms with Crippen molar-refractivity contribution in [3.05, 3.63) is 47.2 Å². The summed E-state index contributed by atoms with van der Waals surface area (Å²) in [6, 6.07) is 8.75. The lowest BCUT2D eigenvalue weighted by Crippen LogP contribution is -2.33. The standard InChI is InChI=1S/C14H16ClN3/c1-18-9-14(8-16-18)17-13-6-11(7-13)10-3-2-4-12(15)5-10/h2-5,8-9,11,13,17H,6-7H2,1H3. The van der Waals surface area contributed by atoms with Crippen molar-refractivity contribution in [2.75, 3.05) is 5.32 Å². The Kier molecular flexibility index (Phi) is 3.00. The number of halogens is 1. The van der Waals surface area contributed by atoms with Gasteiger partial charge in [-0.05, 0) is 36.5 Å². The van der Waals surface area contributed by atoms with E-state index in [2.05, 4.69) is 22.5 Å². The number of nitrogens with zero attached hydrogens (tertiary/aromatic N) is 2. The molecule has 94 valence electrons. The van der Waals surface area contributed by atoms with Crippen molar-refractivity contribution in [3.63, 3.8) is 0 Å². The van der Waals surface area contributed by atoms with Gasteiger partial charge in [0.1, 0.15) is 0 Å². The Hall–Kier alpha value is -1.48. The third-order valence-corrected chi connectivity index (χ3v) is 3.77. The van der Waals surface area contributed by atoms with Gasteiger partial charge < -0.3 is 5.32 Å². The highest BCUT2D eigenvalue weighted by Gasteiger charge is 2.30. The SMILES string of the molecule is Cn1cc(NC2CC(c3cccc(Cl)c3)C2)cn1. The smallest absolute Gasteiger partial charge is 0.0728 e. The number of rotatable bonds is 3. The summed E-state index contributed by atoms with van der Waals surface area (Å²) in [5.41, 5.74) is 2.46. The summed E-state index contributed by atoms with van der Waals surface area (Å²) < 4.78 is 1.81. The second kappa shape index (κ2) is 4.65. The van der Waals surface area contributed by atoms with Crippen LogP contribution in [0.4, 0.5) is 5.69 Å². The molecule has 1 aliphatic rings. The number of hydrogen-bond donors (Lipinski definition) is 1. The Labute approximate surface area is 112 Å². The summed E-state index contributed by atoms with van der Waals surface area (Å²) >= 11 is 6.01. The molecule has 1 saturated carbocycles. The lowest BCUT2D eigenvalue weighted by atomic mass is 9.76. The first-order valence-corrected chi connectivity index (χ1v) is 6.59. The van der Waals surface area contributed by atoms with Gasteiger partial charge in [-0.3, -0.25) is 4.68 Å². The van der Waals surface area contributed by atoms with E-state index < -0.39 is 0 Å². The van der Waals surface area contributed by atoms with Crippen molar-refractivity contribution >= 4 is 17.3 Å². The van der Waals surface area contributed by atoms with Crippen molar-refractivity contribution in [2.24, 2.45) is 7.05 Å². The van der Waals surface area contributed by atoms with Gasteiger partial charge in [0, 0.05) is 24.3 Å². The number of hydrogen-bond acceptors (Lipinski definition) is 2. The molecule has 1 heterocycles. The third kappa shape index (κ3) is 2.36. The number of aromatic nitrogens is 2. The first-order valence-electron chi connectivity index (χ1n) is 6.21. The largest absolute Gasteiger partial charge is 0.380 e. The molecule has 0 atom stereocenters. The van der Waals surface area contributed by atoms with E-state index in [1.54, 1.807) is 0 Å². The molecular formula is C14H16ClN3. The fourth-order valence-corrected chi connectivity index (χ4v) is 2.70. The van der Waals surface area contributed by atoms with Crippen LogP contribution in [0, 0.1) is 0 Å². The minimum Gasteiger partial charge on any atom is -0.380 e. The molecule has 0 radical (unpaired) electrons. The first-order chi connectivity index (χ1) is 8.70. The highest BCUT2D eigenvalue weighted by molar-refractivity contribution is 6.30. The van der Waals surface area contributed by atoms with Crippen LogP contribution in [0.3, 0.4) is 0 Å². The highest BCUT2D eigenvalue weighted by Crippen LogP contribution is 2.39.